The predicted octanol–water partition coefficient (Wildman–Crippen LogP) is 8.37. The van der Waals surface area contributed by atoms with Crippen molar-refractivity contribution in [2.45, 2.75) is 32.1 Å². The lowest BCUT2D eigenvalue weighted by molar-refractivity contribution is 0.863. The second kappa shape index (κ2) is 10.9. The summed E-state index contributed by atoms with van der Waals surface area (Å²) in [6.45, 7) is 0. The molecule has 0 atom stereocenters. The molecule has 0 bridgehead atoms. The number of halogens is 4. The number of benzene rings is 2. The Morgan fingerprint density at radius 1 is 0.560 bits per heavy atom. The minimum absolute atomic E-state index is 0.599. The summed E-state index contributed by atoms with van der Waals surface area (Å²) < 4.78 is 0. The van der Waals surface area contributed by atoms with Gasteiger partial charge in [0.2, 0.25) is 0 Å². The number of allylic oxidation sites excluding steroid dienone is 4. The van der Waals surface area contributed by atoms with Gasteiger partial charge in [0.15, 0.2) is 0 Å². The maximum Gasteiger partial charge on any atom is 0.0595 e. The zero-order valence-electron chi connectivity index (χ0n) is 13.8. The van der Waals surface area contributed by atoms with Crippen LogP contribution in [0.15, 0.2) is 60.7 Å². The van der Waals surface area contributed by atoms with Gasteiger partial charge in [-0.3, -0.25) is 0 Å². The molecule has 25 heavy (non-hydrogen) atoms. The lowest BCUT2D eigenvalue weighted by Gasteiger charge is -2.00. The molecule has 0 saturated heterocycles. The molecular formula is C21H20Cl4. The van der Waals surface area contributed by atoms with Gasteiger partial charge in [0.25, 0.3) is 0 Å². The Bertz CT molecular complexity index is 684. The molecule has 0 heterocycles. The van der Waals surface area contributed by atoms with E-state index in [0.29, 0.717) is 20.1 Å². The number of hydrogen-bond acceptors (Lipinski definition) is 0. The van der Waals surface area contributed by atoms with Gasteiger partial charge < -0.3 is 0 Å². The van der Waals surface area contributed by atoms with E-state index in [2.05, 4.69) is 24.3 Å². The Morgan fingerprint density at radius 2 is 1.00 bits per heavy atom. The Kier molecular flexibility index (Phi) is 8.92. The lowest BCUT2D eigenvalue weighted by atomic mass is 10.1. The minimum Gasteiger partial charge on any atom is -0.0882 e. The summed E-state index contributed by atoms with van der Waals surface area (Å²) in [5.74, 6) is 0. The summed E-state index contributed by atoms with van der Waals surface area (Å²) in [6.07, 6.45) is 13.8. The van der Waals surface area contributed by atoms with Crippen molar-refractivity contribution in [3.05, 3.63) is 91.9 Å². The first kappa shape index (κ1) is 20.4. The summed E-state index contributed by atoms with van der Waals surface area (Å²) >= 11 is 23.8. The molecule has 0 aliphatic carbocycles. The standard InChI is InChI=1S/C21H20Cl4/c22-18-12-10-16(14-20(18)24)8-6-4-2-1-3-5-7-9-17-11-13-19(23)21(25)15-17/h4-7,10-15H,1-3,8-9H2/b6-4+,7-5+. The summed E-state index contributed by atoms with van der Waals surface area (Å²) in [5.41, 5.74) is 2.35. The van der Waals surface area contributed by atoms with Gasteiger partial charge in [-0.05, 0) is 67.5 Å². The minimum atomic E-state index is 0.599. The highest BCUT2D eigenvalue weighted by atomic mass is 35.5. The molecule has 0 spiro atoms. The van der Waals surface area contributed by atoms with Crippen LogP contribution in [0.2, 0.25) is 20.1 Å². The van der Waals surface area contributed by atoms with Crippen molar-refractivity contribution >= 4 is 46.4 Å². The van der Waals surface area contributed by atoms with Gasteiger partial charge in [-0.15, -0.1) is 0 Å². The number of unbranched alkanes of at least 4 members (excludes halogenated alkanes) is 2. The molecular weight excluding hydrogens is 394 g/mol. The topological polar surface area (TPSA) is 0 Å². The maximum atomic E-state index is 6.01. The molecule has 0 amide bonds. The van der Waals surface area contributed by atoms with E-state index < -0.39 is 0 Å². The summed E-state index contributed by atoms with van der Waals surface area (Å²) in [7, 11) is 0. The average Bonchev–Trinajstić information content (AvgIpc) is 2.59. The first-order valence-corrected chi connectivity index (χ1v) is 9.75. The van der Waals surface area contributed by atoms with Crippen LogP contribution in [0, 0.1) is 0 Å². The lowest BCUT2D eigenvalue weighted by Crippen LogP contribution is -1.82. The molecule has 0 aromatic heterocycles. The van der Waals surface area contributed by atoms with E-state index in [0.717, 1.165) is 32.1 Å². The first-order chi connectivity index (χ1) is 12.1. The van der Waals surface area contributed by atoms with Crippen LogP contribution in [-0.2, 0) is 12.8 Å². The molecule has 4 heteroatoms. The Balaban J connectivity index is 1.62. The fraction of sp³-hybridized carbons (Fsp3) is 0.238. The molecule has 2 rings (SSSR count). The number of rotatable bonds is 8. The van der Waals surface area contributed by atoms with Crippen molar-refractivity contribution in [1.82, 2.24) is 0 Å². The van der Waals surface area contributed by atoms with Crippen LogP contribution in [0.4, 0.5) is 0 Å². The molecule has 2 aromatic carbocycles. The van der Waals surface area contributed by atoms with Crippen LogP contribution in [0.3, 0.4) is 0 Å². The van der Waals surface area contributed by atoms with E-state index in [-0.39, 0.29) is 0 Å². The average molecular weight is 414 g/mol. The smallest absolute Gasteiger partial charge is 0.0595 e. The Labute approximate surface area is 170 Å². The molecule has 0 radical (unpaired) electrons. The zero-order chi connectivity index (χ0) is 18.1. The SMILES string of the molecule is Clc1ccc(C/C=C/CCC/C=C/Cc2ccc(Cl)c(Cl)c2)cc1Cl. The van der Waals surface area contributed by atoms with Gasteiger partial charge >= 0.3 is 0 Å². The Hall–Kier alpha value is -0.920. The Morgan fingerprint density at radius 3 is 1.40 bits per heavy atom. The van der Waals surface area contributed by atoms with E-state index in [4.69, 9.17) is 46.4 Å². The summed E-state index contributed by atoms with van der Waals surface area (Å²) in [4.78, 5) is 0. The summed E-state index contributed by atoms with van der Waals surface area (Å²) in [6, 6.07) is 11.5. The predicted molar refractivity (Wildman–Crippen MR) is 112 cm³/mol. The highest BCUT2D eigenvalue weighted by Gasteiger charge is 1.98. The molecule has 0 N–H and O–H groups in total. The normalized spacial score (nSPS) is 11.7. The molecule has 132 valence electrons. The van der Waals surface area contributed by atoms with Crippen LogP contribution in [0.5, 0.6) is 0 Å². The van der Waals surface area contributed by atoms with Crippen molar-refractivity contribution < 1.29 is 0 Å². The van der Waals surface area contributed by atoms with Crippen molar-refractivity contribution in [3.63, 3.8) is 0 Å². The van der Waals surface area contributed by atoms with Crippen molar-refractivity contribution in [2.24, 2.45) is 0 Å². The van der Waals surface area contributed by atoms with Gasteiger partial charge in [0.1, 0.15) is 0 Å². The molecule has 0 saturated carbocycles. The van der Waals surface area contributed by atoms with Crippen LogP contribution >= 0.6 is 46.4 Å². The largest absolute Gasteiger partial charge is 0.0882 e. The fourth-order valence-electron chi connectivity index (χ4n) is 2.36. The van der Waals surface area contributed by atoms with E-state index in [1.54, 1.807) is 0 Å². The third kappa shape index (κ3) is 7.46. The van der Waals surface area contributed by atoms with Crippen molar-refractivity contribution in [3.8, 4) is 0 Å². The highest BCUT2D eigenvalue weighted by Crippen LogP contribution is 2.23. The molecule has 2 aromatic rings. The maximum absolute atomic E-state index is 6.01. The second-order valence-corrected chi connectivity index (χ2v) is 7.41. The van der Waals surface area contributed by atoms with Crippen LogP contribution in [-0.4, -0.2) is 0 Å². The first-order valence-electron chi connectivity index (χ1n) is 8.24. The highest BCUT2D eigenvalue weighted by molar-refractivity contribution is 6.42. The third-order valence-corrected chi connectivity index (χ3v) is 5.23. The van der Waals surface area contributed by atoms with E-state index in [1.807, 2.05) is 36.4 Å². The van der Waals surface area contributed by atoms with Gasteiger partial charge in [-0.2, -0.15) is 0 Å². The van der Waals surface area contributed by atoms with E-state index in [9.17, 15) is 0 Å². The molecule has 0 unspecified atom stereocenters. The van der Waals surface area contributed by atoms with Crippen LogP contribution in [0.1, 0.15) is 30.4 Å². The van der Waals surface area contributed by atoms with E-state index >= 15 is 0 Å². The van der Waals surface area contributed by atoms with Gasteiger partial charge in [0, 0.05) is 0 Å². The molecule has 0 aliphatic rings. The fourth-order valence-corrected chi connectivity index (χ4v) is 3.00. The quantitative estimate of drug-likeness (QED) is 0.301. The van der Waals surface area contributed by atoms with Gasteiger partial charge in [0.05, 0.1) is 20.1 Å². The summed E-state index contributed by atoms with van der Waals surface area (Å²) in [5, 5.41) is 2.42. The zero-order valence-corrected chi connectivity index (χ0v) is 16.8. The van der Waals surface area contributed by atoms with Crippen molar-refractivity contribution in [2.75, 3.05) is 0 Å². The van der Waals surface area contributed by atoms with Crippen LogP contribution in [0.25, 0.3) is 0 Å². The van der Waals surface area contributed by atoms with Gasteiger partial charge in [-0.25, -0.2) is 0 Å². The van der Waals surface area contributed by atoms with Crippen LogP contribution < -0.4 is 0 Å². The van der Waals surface area contributed by atoms with E-state index in [1.165, 1.54) is 11.1 Å². The second-order valence-electron chi connectivity index (χ2n) is 5.78. The van der Waals surface area contributed by atoms with Gasteiger partial charge in [-0.1, -0.05) is 82.8 Å². The number of hydrogen-bond donors (Lipinski definition) is 0. The monoisotopic (exact) mass is 412 g/mol. The molecule has 0 nitrogen and oxygen atoms in total. The molecule has 0 aliphatic heterocycles. The molecule has 0 fully saturated rings. The van der Waals surface area contributed by atoms with Crippen molar-refractivity contribution in [1.29, 1.82) is 0 Å². The third-order valence-electron chi connectivity index (χ3n) is 3.75.